The molecule has 0 spiro atoms. The first-order chi connectivity index (χ1) is 20.8. The number of rotatable bonds is 8. The van der Waals surface area contributed by atoms with Gasteiger partial charge in [0.05, 0.1) is 26.7 Å². The predicted molar refractivity (Wildman–Crippen MR) is 149 cm³/mol. The fraction of sp³-hybridized carbons (Fsp3) is 0.387. The molecule has 12 nitrogen and oxygen atoms in total. The highest BCUT2D eigenvalue weighted by atomic mass is 16.7. The van der Waals surface area contributed by atoms with Crippen LogP contribution in [0.15, 0.2) is 48.5 Å². The number of aliphatic hydroxyl groups is 4. The van der Waals surface area contributed by atoms with Gasteiger partial charge in [-0.05, 0) is 35.2 Å². The molecule has 43 heavy (non-hydrogen) atoms. The van der Waals surface area contributed by atoms with Crippen molar-refractivity contribution >= 4 is 5.97 Å². The number of benzene rings is 3. The summed E-state index contributed by atoms with van der Waals surface area (Å²) < 4.78 is 35.4. The lowest BCUT2D eigenvalue weighted by Crippen LogP contribution is -2.61. The van der Waals surface area contributed by atoms with Crippen molar-refractivity contribution < 1.29 is 58.7 Å². The molecule has 3 heterocycles. The van der Waals surface area contributed by atoms with Crippen LogP contribution in [-0.4, -0.2) is 89.6 Å². The van der Waals surface area contributed by atoms with Gasteiger partial charge in [-0.15, -0.1) is 0 Å². The fourth-order valence-electron chi connectivity index (χ4n) is 6.07. The molecule has 7 atom stereocenters. The number of carboxylic acids is 1. The molecule has 0 aromatic heterocycles. The van der Waals surface area contributed by atoms with Crippen molar-refractivity contribution in [2.75, 3.05) is 27.4 Å². The number of fused-ring (bicyclic) bond motifs is 5. The molecule has 5 N–H and O–H groups in total. The van der Waals surface area contributed by atoms with Gasteiger partial charge in [-0.1, -0.05) is 30.3 Å². The van der Waals surface area contributed by atoms with E-state index < -0.39 is 42.8 Å². The molecule has 0 aliphatic carbocycles. The van der Waals surface area contributed by atoms with Crippen molar-refractivity contribution in [3.05, 3.63) is 65.2 Å². The number of ether oxygens (including phenoxy) is 6. The van der Waals surface area contributed by atoms with Gasteiger partial charge in [0, 0.05) is 23.8 Å². The Hall–Kier alpha value is -4.07. The minimum Gasteiger partial charge on any atom is -0.493 e. The van der Waals surface area contributed by atoms with Gasteiger partial charge >= 0.3 is 5.97 Å². The highest BCUT2D eigenvalue weighted by Crippen LogP contribution is 2.59. The lowest BCUT2D eigenvalue weighted by atomic mass is 9.83. The molecule has 0 unspecified atom stereocenters. The lowest BCUT2D eigenvalue weighted by molar-refractivity contribution is -0.271. The van der Waals surface area contributed by atoms with Crippen LogP contribution in [0.2, 0.25) is 0 Å². The topological polar surface area (TPSA) is 174 Å². The molecule has 0 bridgehead atoms. The third kappa shape index (κ3) is 4.90. The van der Waals surface area contributed by atoms with Gasteiger partial charge in [-0.25, -0.2) is 4.79 Å². The second-order valence-corrected chi connectivity index (χ2v) is 10.5. The molecule has 12 heteroatoms. The van der Waals surface area contributed by atoms with Crippen LogP contribution in [0.3, 0.4) is 0 Å². The van der Waals surface area contributed by atoms with Gasteiger partial charge in [0.25, 0.3) is 0 Å². The summed E-state index contributed by atoms with van der Waals surface area (Å²) in [6, 6.07) is 14.5. The van der Waals surface area contributed by atoms with Crippen LogP contribution < -0.4 is 23.7 Å². The summed E-state index contributed by atoms with van der Waals surface area (Å²) in [6.45, 7) is 0.154. The van der Waals surface area contributed by atoms with Crippen molar-refractivity contribution in [1.82, 2.24) is 0 Å². The Kier molecular flexibility index (Phi) is 7.79. The van der Waals surface area contributed by atoms with Crippen molar-refractivity contribution in [3.8, 4) is 39.9 Å². The third-order valence-electron chi connectivity index (χ3n) is 8.08. The zero-order chi connectivity index (χ0) is 30.4. The number of hydrogen-bond donors (Lipinski definition) is 5. The predicted octanol–water partition coefficient (Wildman–Crippen LogP) is 1.79. The van der Waals surface area contributed by atoms with Crippen LogP contribution in [0.1, 0.15) is 28.7 Å². The second-order valence-electron chi connectivity index (χ2n) is 10.5. The molecule has 0 amide bonds. The summed E-state index contributed by atoms with van der Waals surface area (Å²) in [4.78, 5) is 11.6. The largest absolute Gasteiger partial charge is 0.493 e. The Balaban J connectivity index is 1.44. The summed E-state index contributed by atoms with van der Waals surface area (Å²) >= 11 is 0. The van der Waals surface area contributed by atoms with E-state index in [2.05, 4.69) is 0 Å². The standard InChI is InChI=1S/C31H32O12/c1-38-20-10-15(8-9-32)21-18-13-40-19-12-16(41-31-25(35)23(33)24(34)29(43-31)30(36)37)11-17(14-6-4-3-5-7-14)22(19)26(18)42-28(21)27(20)39-2/h3-7,10-12,18,23-26,29,31-35H,8-9,13H2,1-2H3,(H,36,37)/t18-,23-,24-,25+,26+,29-,31+/m0/s1. The number of carboxylic acid groups (broad SMARTS) is 1. The molecule has 0 radical (unpaired) electrons. The highest BCUT2D eigenvalue weighted by molar-refractivity contribution is 5.75. The molecule has 3 aromatic carbocycles. The summed E-state index contributed by atoms with van der Waals surface area (Å²) in [5.41, 5.74) is 3.94. The van der Waals surface area contributed by atoms with E-state index in [1.165, 1.54) is 14.2 Å². The summed E-state index contributed by atoms with van der Waals surface area (Å²) in [7, 11) is 3.07. The monoisotopic (exact) mass is 596 g/mol. The Bertz CT molecular complexity index is 1510. The van der Waals surface area contributed by atoms with Crippen molar-refractivity contribution in [3.63, 3.8) is 0 Å². The molecular formula is C31H32O12. The quantitative estimate of drug-likeness (QED) is 0.256. The molecular weight excluding hydrogens is 564 g/mol. The van der Waals surface area contributed by atoms with Gasteiger partial charge in [-0.3, -0.25) is 0 Å². The normalized spacial score (nSPS) is 27.2. The van der Waals surface area contributed by atoms with E-state index in [-0.39, 0.29) is 24.9 Å². The first-order valence-electron chi connectivity index (χ1n) is 13.8. The Labute approximate surface area is 246 Å². The first-order valence-corrected chi connectivity index (χ1v) is 13.8. The molecule has 3 aliphatic heterocycles. The van der Waals surface area contributed by atoms with E-state index in [0.29, 0.717) is 35.0 Å². The van der Waals surface area contributed by atoms with Crippen molar-refractivity contribution in [2.45, 2.75) is 49.1 Å². The van der Waals surface area contributed by atoms with E-state index in [1.54, 1.807) is 12.1 Å². The van der Waals surface area contributed by atoms with E-state index in [4.69, 9.17) is 28.4 Å². The minimum absolute atomic E-state index is 0.0731. The third-order valence-corrected chi connectivity index (χ3v) is 8.08. The van der Waals surface area contributed by atoms with Crippen molar-refractivity contribution in [2.24, 2.45) is 0 Å². The van der Waals surface area contributed by atoms with E-state index in [0.717, 1.165) is 22.3 Å². The molecule has 3 aromatic rings. The first kappa shape index (κ1) is 29.0. The highest BCUT2D eigenvalue weighted by Gasteiger charge is 2.49. The van der Waals surface area contributed by atoms with Crippen LogP contribution >= 0.6 is 0 Å². The van der Waals surface area contributed by atoms with E-state index in [1.807, 2.05) is 36.4 Å². The average molecular weight is 597 g/mol. The Morgan fingerprint density at radius 1 is 0.977 bits per heavy atom. The average Bonchev–Trinajstić information content (AvgIpc) is 3.41. The van der Waals surface area contributed by atoms with Gasteiger partial charge in [0.15, 0.2) is 17.6 Å². The summed E-state index contributed by atoms with van der Waals surface area (Å²) in [6.07, 6.45) is -8.92. The van der Waals surface area contributed by atoms with E-state index >= 15 is 0 Å². The van der Waals surface area contributed by atoms with E-state index in [9.17, 15) is 30.3 Å². The van der Waals surface area contributed by atoms with Crippen LogP contribution in [0.25, 0.3) is 11.1 Å². The molecule has 6 rings (SSSR count). The molecule has 1 fully saturated rings. The molecule has 1 saturated heterocycles. The fourth-order valence-corrected chi connectivity index (χ4v) is 6.07. The number of methoxy groups -OCH3 is 2. The van der Waals surface area contributed by atoms with Gasteiger partial charge < -0.3 is 54.0 Å². The molecule has 228 valence electrons. The maximum absolute atomic E-state index is 11.6. The van der Waals surface area contributed by atoms with Crippen LogP contribution in [-0.2, 0) is 16.0 Å². The number of hydrogen-bond acceptors (Lipinski definition) is 11. The second kappa shape index (κ2) is 11.5. The zero-order valence-electron chi connectivity index (χ0n) is 23.4. The van der Waals surface area contributed by atoms with Crippen LogP contribution in [0.5, 0.6) is 28.7 Å². The van der Waals surface area contributed by atoms with Gasteiger partial charge in [0.1, 0.15) is 35.9 Å². The van der Waals surface area contributed by atoms with Gasteiger partial charge in [-0.2, -0.15) is 0 Å². The minimum atomic E-state index is -1.84. The Morgan fingerprint density at radius 3 is 2.42 bits per heavy atom. The van der Waals surface area contributed by atoms with Crippen LogP contribution in [0, 0.1) is 0 Å². The molecule has 3 aliphatic rings. The maximum Gasteiger partial charge on any atom is 0.335 e. The van der Waals surface area contributed by atoms with Gasteiger partial charge in [0.2, 0.25) is 12.0 Å². The maximum atomic E-state index is 11.6. The van der Waals surface area contributed by atoms with Crippen molar-refractivity contribution in [1.29, 1.82) is 0 Å². The smallest absolute Gasteiger partial charge is 0.335 e. The summed E-state index contributed by atoms with van der Waals surface area (Å²) in [5, 5.41) is 50.1. The van der Waals surface area contributed by atoms with Crippen LogP contribution in [0.4, 0.5) is 0 Å². The number of carbonyl (C=O) groups is 1. The zero-order valence-corrected chi connectivity index (χ0v) is 23.4. The Morgan fingerprint density at radius 2 is 1.74 bits per heavy atom. The summed E-state index contributed by atoms with van der Waals surface area (Å²) in [5.74, 6) is 0.284. The number of aliphatic carboxylic acids is 1. The SMILES string of the molecule is COc1cc(CCO)c2c(c1OC)O[C@H]1c3c(cc(O[C@@H]4O[C@H](C(=O)O)[C@@H](O)[C@H](O)[C@H]4O)cc3-c3ccccc3)OC[C@@H]21. The molecule has 0 saturated carbocycles. The lowest BCUT2D eigenvalue weighted by Gasteiger charge is -2.38. The number of aliphatic hydroxyl groups excluding tert-OH is 4.